The molecule has 0 spiro atoms. The van der Waals surface area contributed by atoms with Gasteiger partial charge in [-0.3, -0.25) is 14.4 Å². The van der Waals surface area contributed by atoms with Crippen molar-refractivity contribution in [2.45, 2.75) is 24.7 Å². The molecule has 1 aromatic heterocycles. The Morgan fingerprint density at radius 1 is 0.833 bits per heavy atom. The van der Waals surface area contributed by atoms with Crippen LogP contribution in [0, 0.1) is 13.8 Å². The highest BCUT2D eigenvalue weighted by molar-refractivity contribution is 7.90. The number of fused-ring (bicyclic) bond motifs is 1. The van der Waals surface area contributed by atoms with Crippen LogP contribution in [0.25, 0.3) is 10.9 Å². The van der Waals surface area contributed by atoms with Crippen LogP contribution in [-0.2, 0) is 19.6 Å². The van der Waals surface area contributed by atoms with E-state index in [9.17, 15) is 33.0 Å². The van der Waals surface area contributed by atoms with Crippen LogP contribution in [-0.4, -0.2) is 40.4 Å². The van der Waals surface area contributed by atoms with Crippen molar-refractivity contribution in [3.8, 4) is 0 Å². The standard InChI is InChI=1S/C26H22N2O7S/c1-15-3-7-17(8-4-15)24(29)27-18-9-12-22-20(13-18)21(23(25(30)31)26(32)33)14-28(22)36(34,35)19-10-5-16(2)6-11-19/h3-14,23H,1-2H3,(H,27,29)(H,30,31)(H,32,33). The SMILES string of the molecule is Cc1ccc(C(=O)Nc2ccc3c(c2)c(C(C(=O)O)C(=O)O)cn3S(=O)(=O)c2ccc(C)cc2)cc1. The predicted octanol–water partition coefficient (Wildman–Crippen LogP) is 4.00. The third kappa shape index (κ3) is 4.58. The lowest BCUT2D eigenvalue weighted by molar-refractivity contribution is -0.149. The minimum Gasteiger partial charge on any atom is -0.480 e. The number of carboxylic acid groups (broad SMARTS) is 2. The molecule has 1 amide bonds. The van der Waals surface area contributed by atoms with Crippen molar-refractivity contribution in [3.63, 3.8) is 0 Å². The maximum absolute atomic E-state index is 13.4. The van der Waals surface area contributed by atoms with E-state index in [0.717, 1.165) is 21.3 Å². The third-order valence-corrected chi connectivity index (χ3v) is 7.44. The monoisotopic (exact) mass is 506 g/mol. The Labute approximate surface area is 206 Å². The van der Waals surface area contributed by atoms with E-state index in [4.69, 9.17) is 0 Å². The molecule has 3 N–H and O–H groups in total. The number of rotatable bonds is 7. The first-order chi connectivity index (χ1) is 17.0. The van der Waals surface area contributed by atoms with Crippen molar-refractivity contribution in [2.24, 2.45) is 0 Å². The first-order valence-corrected chi connectivity index (χ1v) is 12.2. The van der Waals surface area contributed by atoms with Crippen LogP contribution >= 0.6 is 0 Å². The van der Waals surface area contributed by atoms with Crippen molar-refractivity contribution >= 4 is 44.5 Å². The zero-order valence-corrected chi connectivity index (χ0v) is 20.1. The molecule has 1 heterocycles. The van der Waals surface area contributed by atoms with E-state index in [1.807, 2.05) is 6.92 Å². The summed E-state index contributed by atoms with van der Waals surface area (Å²) in [5.74, 6) is -5.76. The second kappa shape index (κ2) is 9.31. The zero-order chi connectivity index (χ0) is 26.2. The number of hydrogen-bond acceptors (Lipinski definition) is 5. The molecule has 0 radical (unpaired) electrons. The minimum atomic E-state index is -4.19. The minimum absolute atomic E-state index is 0.0458. The summed E-state index contributed by atoms with van der Waals surface area (Å²) in [6.07, 6.45) is 1.01. The van der Waals surface area contributed by atoms with Crippen molar-refractivity contribution < 1.29 is 33.0 Å². The Hall–Kier alpha value is -4.44. The number of nitrogens with zero attached hydrogens (tertiary/aromatic N) is 1. The largest absolute Gasteiger partial charge is 0.480 e. The second-order valence-corrected chi connectivity index (χ2v) is 10.2. The lowest BCUT2D eigenvalue weighted by Crippen LogP contribution is -2.21. The molecule has 184 valence electrons. The van der Waals surface area contributed by atoms with Gasteiger partial charge in [0.2, 0.25) is 0 Å². The number of carbonyl (C=O) groups is 3. The van der Waals surface area contributed by atoms with E-state index in [1.165, 1.54) is 30.3 Å². The van der Waals surface area contributed by atoms with Gasteiger partial charge in [0.15, 0.2) is 5.92 Å². The summed E-state index contributed by atoms with van der Waals surface area (Å²) in [6, 6.07) is 17.1. The molecule has 0 saturated carbocycles. The summed E-state index contributed by atoms with van der Waals surface area (Å²) in [5, 5.41) is 21.9. The smallest absolute Gasteiger partial charge is 0.322 e. The van der Waals surface area contributed by atoms with Crippen molar-refractivity contribution in [2.75, 3.05) is 5.32 Å². The van der Waals surface area contributed by atoms with Crippen LogP contribution < -0.4 is 5.32 Å². The molecule has 9 nitrogen and oxygen atoms in total. The van der Waals surface area contributed by atoms with Gasteiger partial charge in [-0.2, -0.15) is 0 Å². The van der Waals surface area contributed by atoms with E-state index in [1.54, 1.807) is 43.3 Å². The first kappa shape index (κ1) is 24.7. The number of aryl methyl sites for hydroxylation is 2. The fourth-order valence-electron chi connectivity index (χ4n) is 3.84. The van der Waals surface area contributed by atoms with E-state index >= 15 is 0 Å². The van der Waals surface area contributed by atoms with E-state index in [2.05, 4.69) is 5.32 Å². The zero-order valence-electron chi connectivity index (χ0n) is 19.3. The number of aromatic nitrogens is 1. The molecule has 3 aromatic carbocycles. The Morgan fingerprint density at radius 3 is 1.94 bits per heavy atom. The van der Waals surface area contributed by atoms with E-state index in [0.29, 0.717) is 5.56 Å². The van der Waals surface area contributed by atoms with Crippen LogP contribution in [0.15, 0.2) is 77.8 Å². The molecule has 0 atom stereocenters. The number of carbonyl (C=O) groups excluding carboxylic acids is 1. The predicted molar refractivity (Wildman–Crippen MR) is 133 cm³/mol. The molecule has 10 heteroatoms. The average Bonchev–Trinajstić information content (AvgIpc) is 3.18. The topological polar surface area (TPSA) is 143 Å². The van der Waals surface area contributed by atoms with Gasteiger partial charge in [-0.05, 0) is 56.3 Å². The Morgan fingerprint density at radius 2 is 1.39 bits per heavy atom. The fourth-order valence-corrected chi connectivity index (χ4v) is 5.21. The number of nitrogens with one attached hydrogen (secondary N) is 1. The van der Waals surface area contributed by atoms with Gasteiger partial charge >= 0.3 is 11.9 Å². The molecule has 0 aliphatic heterocycles. The summed E-state index contributed by atoms with van der Waals surface area (Å²) in [5.41, 5.74) is 2.29. The van der Waals surface area contributed by atoms with Gasteiger partial charge in [0.05, 0.1) is 10.4 Å². The molecule has 0 fully saturated rings. The summed E-state index contributed by atoms with van der Waals surface area (Å²) >= 11 is 0. The molecular formula is C26H22N2O7S. The molecular weight excluding hydrogens is 484 g/mol. The number of aliphatic carboxylic acids is 2. The van der Waals surface area contributed by atoms with E-state index < -0.39 is 33.8 Å². The number of anilines is 1. The molecule has 36 heavy (non-hydrogen) atoms. The van der Waals surface area contributed by atoms with Gasteiger partial charge in [-0.25, -0.2) is 12.4 Å². The fraction of sp³-hybridized carbons (Fsp3) is 0.115. The molecule has 0 unspecified atom stereocenters. The van der Waals surface area contributed by atoms with Crippen LogP contribution in [0.1, 0.15) is 33.0 Å². The van der Waals surface area contributed by atoms with Gasteiger partial charge in [0.25, 0.3) is 15.9 Å². The van der Waals surface area contributed by atoms with Crippen molar-refractivity contribution in [1.29, 1.82) is 0 Å². The van der Waals surface area contributed by atoms with Gasteiger partial charge in [0, 0.05) is 28.4 Å². The van der Waals surface area contributed by atoms with Gasteiger partial charge in [-0.15, -0.1) is 0 Å². The first-order valence-electron chi connectivity index (χ1n) is 10.8. The van der Waals surface area contributed by atoms with Gasteiger partial charge in [-0.1, -0.05) is 35.4 Å². The van der Waals surface area contributed by atoms with Crippen molar-refractivity contribution in [1.82, 2.24) is 3.97 Å². The summed E-state index contributed by atoms with van der Waals surface area (Å²) in [6.45, 7) is 3.68. The Bertz CT molecular complexity index is 1590. The number of hydrogen-bond donors (Lipinski definition) is 3. The summed E-state index contributed by atoms with van der Waals surface area (Å²) in [4.78, 5) is 36.3. The molecule has 0 aliphatic carbocycles. The normalized spacial score (nSPS) is 11.5. The molecule has 4 rings (SSSR count). The maximum atomic E-state index is 13.4. The molecule has 0 aliphatic rings. The van der Waals surface area contributed by atoms with E-state index in [-0.39, 0.29) is 27.0 Å². The molecule has 4 aromatic rings. The number of amides is 1. The van der Waals surface area contributed by atoms with Crippen LogP contribution in [0.2, 0.25) is 0 Å². The van der Waals surface area contributed by atoms with Gasteiger partial charge < -0.3 is 15.5 Å². The molecule has 0 bridgehead atoms. The average molecular weight is 507 g/mol. The van der Waals surface area contributed by atoms with Crippen LogP contribution in [0.4, 0.5) is 5.69 Å². The highest BCUT2D eigenvalue weighted by Crippen LogP contribution is 2.33. The van der Waals surface area contributed by atoms with Crippen LogP contribution in [0.3, 0.4) is 0 Å². The second-order valence-electron chi connectivity index (χ2n) is 8.36. The highest BCUT2D eigenvalue weighted by Gasteiger charge is 2.33. The quantitative estimate of drug-likeness (QED) is 0.322. The number of carboxylic acids is 2. The van der Waals surface area contributed by atoms with Crippen LogP contribution in [0.5, 0.6) is 0 Å². The van der Waals surface area contributed by atoms with Crippen molar-refractivity contribution in [3.05, 3.63) is 95.2 Å². The third-order valence-electron chi connectivity index (χ3n) is 5.76. The Kier molecular flexibility index (Phi) is 6.38. The van der Waals surface area contributed by atoms with Gasteiger partial charge in [0.1, 0.15) is 0 Å². The number of benzene rings is 3. The lowest BCUT2D eigenvalue weighted by Gasteiger charge is -2.09. The Balaban J connectivity index is 1.87. The summed E-state index contributed by atoms with van der Waals surface area (Å²) < 4.78 is 27.7. The molecule has 0 saturated heterocycles. The summed E-state index contributed by atoms with van der Waals surface area (Å²) in [7, 11) is -4.19. The maximum Gasteiger partial charge on any atom is 0.322 e. The lowest BCUT2D eigenvalue weighted by atomic mass is 9.98. The highest BCUT2D eigenvalue weighted by atomic mass is 32.2.